The zero-order chi connectivity index (χ0) is 13.9. The summed E-state index contributed by atoms with van der Waals surface area (Å²) >= 11 is 0. The van der Waals surface area contributed by atoms with Crippen molar-refractivity contribution in [3.05, 3.63) is 48.6 Å². The molecule has 1 aromatic carbocycles. The summed E-state index contributed by atoms with van der Waals surface area (Å²) in [5, 5.41) is 0. The van der Waals surface area contributed by atoms with Crippen LogP contribution in [-0.4, -0.2) is 29.2 Å². The second kappa shape index (κ2) is 5.48. The minimum atomic E-state index is -0.105. The van der Waals surface area contributed by atoms with E-state index < -0.39 is 0 Å². The molecule has 1 aliphatic heterocycles. The first-order valence-electron chi connectivity index (χ1n) is 6.99. The van der Waals surface area contributed by atoms with E-state index in [9.17, 15) is 0 Å². The highest BCUT2D eigenvalue weighted by Gasteiger charge is 2.40. The van der Waals surface area contributed by atoms with Crippen LogP contribution >= 0.6 is 0 Å². The Morgan fingerprint density at radius 2 is 1.95 bits per heavy atom. The van der Waals surface area contributed by atoms with E-state index in [1.807, 2.05) is 6.08 Å². The lowest BCUT2D eigenvalue weighted by atomic mass is 9.92. The van der Waals surface area contributed by atoms with E-state index in [4.69, 9.17) is 4.74 Å². The van der Waals surface area contributed by atoms with E-state index in [0.29, 0.717) is 0 Å². The molecule has 0 aromatic heterocycles. The van der Waals surface area contributed by atoms with Crippen molar-refractivity contribution in [3.63, 3.8) is 0 Å². The topological polar surface area (TPSA) is 12.5 Å². The van der Waals surface area contributed by atoms with E-state index in [1.165, 1.54) is 5.56 Å². The molecule has 0 N–H and O–H groups in total. The van der Waals surface area contributed by atoms with E-state index >= 15 is 0 Å². The Hall–Kier alpha value is -1.12. The van der Waals surface area contributed by atoms with Gasteiger partial charge in [0.05, 0.1) is 12.2 Å². The van der Waals surface area contributed by atoms with Crippen LogP contribution in [0.4, 0.5) is 0 Å². The van der Waals surface area contributed by atoms with E-state index in [-0.39, 0.29) is 11.1 Å². The molecule has 2 nitrogen and oxygen atoms in total. The fourth-order valence-electron chi connectivity index (χ4n) is 2.61. The lowest BCUT2D eigenvalue weighted by Gasteiger charge is -2.50. The van der Waals surface area contributed by atoms with Gasteiger partial charge in [0, 0.05) is 18.6 Å². The van der Waals surface area contributed by atoms with Crippen LogP contribution in [0.25, 0.3) is 0 Å². The van der Waals surface area contributed by atoms with Crippen molar-refractivity contribution in [1.82, 2.24) is 4.90 Å². The number of morpholine rings is 1. The minimum absolute atomic E-state index is 0.0799. The van der Waals surface area contributed by atoms with Crippen LogP contribution in [0.5, 0.6) is 0 Å². The summed E-state index contributed by atoms with van der Waals surface area (Å²) in [7, 11) is 0. The maximum Gasteiger partial charge on any atom is 0.0816 e. The van der Waals surface area contributed by atoms with Crippen LogP contribution in [0.3, 0.4) is 0 Å². The summed E-state index contributed by atoms with van der Waals surface area (Å²) in [4.78, 5) is 2.52. The van der Waals surface area contributed by atoms with Crippen LogP contribution in [0.15, 0.2) is 43.0 Å². The molecule has 1 unspecified atom stereocenters. The Labute approximate surface area is 117 Å². The fraction of sp³-hybridized carbons (Fsp3) is 0.529. The van der Waals surface area contributed by atoms with Gasteiger partial charge < -0.3 is 4.74 Å². The predicted octanol–water partition coefficient (Wildman–Crippen LogP) is 3.63. The van der Waals surface area contributed by atoms with Crippen molar-refractivity contribution >= 4 is 0 Å². The molecule has 2 rings (SSSR count). The molecule has 0 bridgehead atoms. The van der Waals surface area contributed by atoms with Crippen LogP contribution in [-0.2, 0) is 11.3 Å². The van der Waals surface area contributed by atoms with E-state index in [2.05, 4.69) is 62.6 Å². The zero-order valence-electron chi connectivity index (χ0n) is 12.4. The molecule has 0 saturated carbocycles. The van der Waals surface area contributed by atoms with Gasteiger partial charge in [0.25, 0.3) is 0 Å². The summed E-state index contributed by atoms with van der Waals surface area (Å²) in [6.07, 6.45) is 2.85. The molecule has 0 radical (unpaired) electrons. The quantitative estimate of drug-likeness (QED) is 0.766. The lowest BCUT2D eigenvalue weighted by Crippen LogP contribution is -2.59. The monoisotopic (exact) mass is 259 g/mol. The Bertz CT molecular complexity index is 426. The van der Waals surface area contributed by atoms with Gasteiger partial charge in [0.15, 0.2) is 0 Å². The van der Waals surface area contributed by atoms with Crippen LogP contribution in [0.2, 0.25) is 0 Å². The average molecular weight is 259 g/mol. The van der Waals surface area contributed by atoms with Crippen molar-refractivity contribution in [3.8, 4) is 0 Å². The van der Waals surface area contributed by atoms with Crippen LogP contribution in [0, 0.1) is 0 Å². The van der Waals surface area contributed by atoms with Gasteiger partial charge in [-0.1, -0.05) is 36.4 Å². The average Bonchev–Trinajstić information content (AvgIpc) is 2.36. The molecule has 19 heavy (non-hydrogen) atoms. The third-order valence-corrected chi connectivity index (χ3v) is 3.95. The number of rotatable bonds is 4. The number of ether oxygens (including phenoxy) is 1. The van der Waals surface area contributed by atoms with Crippen molar-refractivity contribution in [1.29, 1.82) is 0 Å². The van der Waals surface area contributed by atoms with Gasteiger partial charge in [-0.3, -0.25) is 4.90 Å². The summed E-state index contributed by atoms with van der Waals surface area (Å²) in [5.41, 5.74) is 1.33. The SMILES string of the molecule is C=CCC1(C)CN(Cc2ccccc2)C(C)(C)CO1. The first kappa shape index (κ1) is 14.3. The summed E-state index contributed by atoms with van der Waals surface area (Å²) < 4.78 is 6.08. The van der Waals surface area contributed by atoms with Gasteiger partial charge >= 0.3 is 0 Å². The van der Waals surface area contributed by atoms with Gasteiger partial charge in [-0.2, -0.15) is 0 Å². The fourth-order valence-corrected chi connectivity index (χ4v) is 2.61. The highest BCUT2D eigenvalue weighted by atomic mass is 16.5. The minimum Gasteiger partial charge on any atom is -0.372 e. The molecular weight excluding hydrogens is 234 g/mol. The first-order valence-corrected chi connectivity index (χ1v) is 6.99. The second-order valence-corrected chi connectivity index (χ2v) is 6.39. The normalized spacial score (nSPS) is 27.1. The standard InChI is InChI=1S/C17H25NO/c1-5-11-17(4)13-18(16(2,3)14-19-17)12-15-9-7-6-8-10-15/h5-10H,1,11-14H2,2-4H3. The number of nitrogens with zero attached hydrogens (tertiary/aromatic N) is 1. The van der Waals surface area contributed by atoms with Gasteiger partial charge in [-0.15, -0.1) is 6.58 Å². The molecular formula is C17H25NO. The summed E-state index contributed by atoms with van der Waals surface area (Å²) in [6.45, 7) is 13.2. The molecule has 1 aromatic rings. The van der Waals surface area contributed by atoms with Gasteiger partial charge in [-0.05, 0) is 32.8 Å². The van der Waals surface area contributed by atoms with Crippen molar-refractivity contribution in [2.75, 3.05) is 13.2 Å². The Balaban J connectivity index is 2.13. The first-order chi connectivity index (χ1) is 8.95. The molecule has 1 saturated heterocycles. The molecule has 1 aliphatic rings. The predicted molar refractivity (Wildman–Crippen MR) is 80.1 cm³/mol. The smallest absolute Gasteiger partial charge is 0.0816 e. The Morgan fingerprint density at radius 1 is 1.26 bits per heavy atom. The van der Waals surface area contributed by atoms with Crippen LogP contribution < -0.4 is 0 Å². The largest absolute Gasteiger partial charge is 0.372 e. The zero-order valence-corrected chi connectivity index (χ0v) is 12.4. The molecule has 0 spiro atoms. The highest BCUT2D eigenvalue weighted by molar-refractivity contribution is 5.15. The molecule has 2 heteroatoms. The molecule has 0 amide bonds. The molecule has 0 aliphatic carbocycles. The number of hydrogen-bond donors (Lipinski definition) is 0. The molecule has 104 valence electrons. The molecule has 1 heterocycles. The molecule has 1 fully saturated rings. The Morgan fingerprint density at radius 3 is 2.58 bits per heavy atom. The van der Waals surface area contributed by atoms with E-state index in [0.717, 1.165) is 26.1 Å². The third-order valence-electron chi connectivity index (χ3n) is 3.95. The van der Waals surface area contributed by atoms with Gasteiger partial charge in [-0.25, -0.2) is 0 Å². The van der Waals surface area contributed by atoms with Crippen molar-refractivity contribution in [2.24, 2.45) is 0 Å². The van der Waals surface area contributed by atoms with Crippen molar-refractivity contribution in [2.45, 2.75) is 44.9 Å². The highest BCUT2D eigenvalue weighted by Crippen LogP contribution is 2.31. The third kappa shape index (κ3) is 3.46. The lowest BCUT2D eigenvalue weighted by molar-refractivity contribution is -0.153. The summed E-state index contributed by atoms with van der Waals surface area (Å²) in [5.74, 6) is 0. The van der Waals surface area contributed by atoms with Gasteiger partial charge in [0.1, 0.15) is 0 Å². The Kier molecular flexibility index (Phi) is 4.12. The summed E-state index contributed by atoms with van der Waals surface area (Å²) in [6, 6.07) is 10.7. The number of hydrogen-bond acceptors (Lipinski definition) is 2. The van der Waals surface area contributed by atoms with Crippen LogP contribution in [0.1, 0.15) is 32.8 Å². The maximum atomic E-state index is 6.08. The van der Waals surface area contributed by atoms with E-state index in [1.54, 1.807) is 0 Å². The number of benzene rings is 1. The molecule has 1 atom stereocenters. The second-order valence-electron chi connectivity index (χ2n) is 6.39. The van der Waals surface area contributed by atoms with Gasteiger partial charge in [0.2, 0.25) is 0 Å². The van der Waals surface area contributed by atoms with Crippen molar-refractivity contribution < 1.29 is 4.74 Å². The maximum absolute atomic E-state index is 6.08.